The normalized spacial score (nSPS) is 10.1. The molecule has 0 aliphatic carbocycles. The number of nitro benzene ring substituents is 1. The van der Waals surface area contributed by atoms with Crippen LogP contribution in [0.5, 0.6) is 11.5 Å². The largest absolute Gasteiger partial charge is 0.490 e. The highest BCUT2D eigenvalue weighted by molar-refractivity contribution is 6.43. The topological polar surface area (TPSA) is 120 Å². The first-order chi connectivity index (χ1) is 13.3. The lowest BCUT2D eigenvalue weighted by molar-refractivity contribution is -0.384. The zero-order valence-corrected chi connectivity index (χ0v) is 15.9. The number of carbonyl (C=O) groups is 2. The molecule has 2 amide bonds. The van der Waals surface area contributed by atoms with Gasteiger partial charge in [0.15, 0.2) is 11.5 Å². The summed E-state index contributed by atoms with van der Waals surface area (Å²) in [7, 11) is 0. The van der Waals surface area contributed by atoms with Crippen LogP contribution in [-0.2, 0) is 9.59 Å². The fraction of sp³-hybridized carbons (Fsp3) is 0.222. The summed E-state index contributed by atoms with van der Waals surface area (Å²) in [4.78, 5) is 34.4. The van der Waals surface area contributed by atoms with Crippen molar-refractivity contribution >= 4 is 40.5 Å². The third-order valence-corrected chi connectivity index (χ3v) is 3.73. The SMILES string of the molecule is CCOc1ccc(NC(=O)C(=O)Nc2ccc(Cl)c([N+](=O)[O-])c2)cc1OCC. The van der Waals surface area contributed by atoms with Gasteiger partial charge in [0, 0.05) is 23.5 Å². The molecule has 0 aliphatic heterocycles. The molecule has 148 valence electrons. The van der Waals surface area contributed by atoms with Crippen molar-refractivity contribution in [2.24, 2.45) is 0 Å². The van der Waals surface area contributed by atoms with E-state index in [9.17, 15) is 19.7 Å². The number of anilines is 2. The Labute approximate surface area is 165 Å². The van der Waals surface area contributed by atoms with Gasteiger partial charge in [-0.3, -0.25) is 19.7 Å². The Bertz CT molecular complexity index is 903. The molecule has 0 heterocycles. The molecule has 9 nitrogen and oxygen atoms in total. The third kappa shape index (κ3) is 5.34. The molecule has 2 aromatic rings. The highest BCUT2D eigenvalue weighted by Crippen LogP contribution is 2.31. The van der Waals surface area contributed by atoms with Crippen molar-refractivity contribution in [1.29, 1.82) is 0 Å². The summed E-state index contributed by atoms with van der Waals surface area (Å²) in [5.74, 6) is -1.01. The van der Waals surface area contributed by atoms with E-state index in [1.807, 2.05) is 6.92 Å². The number of rotatable bonds is 7. The van der Waals surface area contributed by atoms with Crippen LogP contribution in [0, 0.1) is 10.1 Å². The first-order valence-electron chi connectivity index (χ1n) is 8.31. The molecule has 0 aromatic heterocycles. The van der Waals surface area contributed by atoms with Gasteiger partial charge in [-0.25, -0.2) is 0 Å². The van der Waals surface area contributed by atoms with Crippen LogP contribution in [0.1, 0.15) is 13.8 Å². The molecule has 0 aliphatic rings. The van der Waals surface area contributed by atoms with Gasteiger partial charge in [0.1, 0.15) is 5.02 Å². The molecular formula is C18H18ClN3O6. The van der Waals surface area contributed by atoms with Crippen LogP contribution in [0.3, 0.4) is 0 Å². The van der Waals surface area contributed by atoms with Crippen molar-refractivity contribution in [1.82, 2.24) is 0 Å². The van der Waals surface area contributed by atoms with Gasteiger partial charge in [-0.05, 0) is 38.1 Å². The number of benzene rings is 2. The number of halogens is 1. The Hall–Kier alpha value is -3.33. The zero-order chi connectivity index (χ0) is 20.7. The van der Waals surface area contributed by atoms with E-state index in [-0.39, 0.29) is 16.4 Å². The lowest BCUT2D eigenvalue weighted by Crippen LogP contribution is -2.29. The van der Waals surface area contributed by atoms with Crippen molar-refractivity contribution in [2.45, 2.75) is 13.8 Å². The van der Waals surface area contributed by atoms with Gasteiger partial charge in [-0.1, -0.05) is 11.6 Å². The molecule has 28 heavy (non-hydrogen) atoms. The molecular weight excluding hydrogens is 390 g/mol. The van der Waals surface area contributed by atoms with Gasteiger partial charge in [0.25, 0.3) is 5.69 Å². The molecule has 0 fully saturated rings. The molecule has 2 N–H and O–H groups in total. The number of nitro groups is 1. The van der Waals surface area contributed by atoms with Crippen LogP contribution in [0.2, 0.25) is 5.02 Å². The molecule has 2 rings (SSSR count). The first-order valence-corrected chi connectivity index (χ1v) is 8.69. The lowest BCUT2D eigenvalue weighted by Gasteiger charge is -2.13. The number of nitrogens with zero attached hydrogens (tertiary/aromatic N) is 1. The maximum absolute atomic E-state index is 12.1. The molecule has 0 saturated carbocycles. The van der Waals surface area contributed by atoms with E-state index in [0.29, 0.717) is 30.4 Å². The second-order valence-corrected chi connectivity index (χ2v) is 5.77. The van der Waals surface area contributed by atoms with Gasteiger partial charge in [0.2, 0.25) is 0 Å². The zero-order valence-electron chi connectivity index (χ0n) is 15.2. The average molecular weight is 408 g/mol. The minimum Gasteiger partial charge on any atom is -0.490 e. The van der Waals surface area contributed by atoms with E-state index in [2.05, 4.69) is 10.6 Å². The van der Waals surface area contributed by atoms with E-state index in [0.717, 1.165) is 6.07 Å². The number of ether oxygens (including phenoxy) is 2. The molecule has 2 aromatic carbocycles. The monoisotopic (exact) mass is 407 g/mol. The summed E-state index contributed by atoms with van der Waals surface area (Å²) >= 11 is 5.72. The van der Waals surface area contributed by atoms with Gasteiger partial charge in [-0.15, -0.1) is 0 Å². The Morgan fingerprint density at radius 1 is 0.964 bits per heavy atom. The summed E-state index contributed by atoms with van der Waals surface area (Å²) in [6.07, 6.45) is 0. The van der Waals surface area contributed by atoms with Gasteiger partial charge >= 0.3 is 11.8 Å². The maximum Gasteiger partial charge on any atom is 0.314 e. The minimum atomic E-state index is -0.997. The Kier molecular flexibility index (Phi) is 7.16. The summed E-state index contributed by atoms with van der Waals surface area (Å²) in [6, 6.07) is 8.39. The Balaban J connectivity index is 2.10. The maximum atomic E-state index is 12.1. The molecule has 0 bridgehead atoms. The molecule has 10 heteroatoms. The Morgan fingerprint density at radius 3 is 2.07 bits per heavy atom. The van der Waals surface area contributed by atoms with Crippen molar-refractivity contribution in [3.63, 3.8) is 0 Å². The predicted octanol–water partition coefficient (Wildman–Crippen LogP) is 3.62. The minimum absolute atomic E-state index is 0.0675. The highest BCUT2D eigenvalue weighted by Gasteiger charge is 2.18. The van der Waals surface area contributed by atoms with E-state index in [1.54, 1.807) is 19.1 Å². The van der Waals surface area contributed by atoms with Crippen LogP contribution in [0.25, 0.3) is 0 Å². The smallest absolute Gasteiger partial charge is 0.314 e. The predicted molar refractivity (Wildman–Crippen MR) is 104 cm³/mol. The molecule has 0 radical (unpaired) electrons. The molecule has 0 unspecified atom stereocenters. The summed E-state index contributed by atoms with van der Waals surface area (Å²) in [5, 5.41) is 15.5. The first kappa shape index (κ1) is 21.0. The highest BCUT2D eigenvalue weighted by atomic mass is 35.5. The van der Waals surface area contributed by atoms with Crippen molar-refractivity contribution in [3.8, 4) is 11.5 Å². The van der Waals surface area contributed by atoms with Crippen molar-refractivity contribution < 1.29 is 24.0 Å². The lowest BCUT2D eigenvalue weighted by atomic mass is 10.2. The number of carbonyl (C=O) groups excluding carboxylic acids is 2. The Morgan fingerprint density at radius 2 is 1.50 bits per heavy atom. The summed E-state index contributed by atoms with van der Waals surface area (Å²) in [5.41, 5.74) is 0.0137. The fourth-order valence-electron chi connectivity index (χ4n) is 2.23. The van der Waals surface area contributed by atoms with Crippen LogP contribution in [0.4, 0.5) is 17.1 Å². The van der Waals surface area contributed by atoms with Gasteiger partial charge in [0.05, 0.1) is 18.1 Å². The quantitative estimate of drug-likeness (QED) is 0.411. The van der Waals surface area contributed by atoms with Crippen molar-refractivity contribution in [2.75, 3.05) is 23.8 Å². The summed E-state index contributed by atoms with van der Waals surface area (Å²) < 4.78 is 10.9. The van der Waals surface area contributed by atoms with Gasteiger partial charge in [-0.2, -0.15) is 0 Å². The van der Waals surface area contributed by atoms with E-state index in [4.69, 9.17) is 21.1 Å². The van der Waals surface area contributed by atoms with Crippen LogP contribution in [0.15, 0.2) is 36.4 Å². The fourth-order valence-corrected chi connectivity index (χ4v) is 2.42. The number of hydrogen-bond acceptors (Lipinski definition) is 6. The molecule has 0 spiro atoms. The van der Waals surface area contributed by atoms with Crippen LogP contribution >= 0.6 is 11.6 Å². The van der Waals surface area contributed by atoms with Gasteiger partial charge < -0.3 is 20.1 Å². The van der Waals surface area contributed by atoms with E-state index >= 15 is 0 Å². The molecule has 0 saturated heterocycles. The number of nitrogens with one attached hydrogen (secondary N) is 2. The van der Waals surface area contributed by atoms with Crippen LogP contribution < -0.4 is 20.1 Å². The molecule has 0 atom stereocenters. The number of hydrogen-bond donors (Lipinski definition) is 2. The second-order valence-electron chi connectivity index (χ2n) is 5.36. The van der Waals surface area contributed by atoms with E-state index < -0.39 is 16.7 Å². The second kappa shape index (κ2) is 9.56. The standard InChI is InChI=1S/C18H18ClN3O6/c1-3-27-15-8-6-12(10-16(15)28-4-2)21-18(24)17(23)20-11-5-7-13(19)14(9-11)22(25)26/h5-10H,3-4H2,1-2H3,(H,20,23)(H,21,24). The van der Waals surface area contributed by atoms with Crippen LogP contribution in [-0.4, -0.2) is 30.0 Å². The average Bonchev–Trinajstić information content (AvgIpc) is 2.65. The third-order valence-electron chi connectivity index (χ3n) is 3.41. The number of amides is 2. The summed E-state index contributed by atoms with van der Waals surface area (Å²) in [6.45, 7) is 4.48. The van der Waals surface area contributed by atoms with E-state index in [1.165, 1.54) is 18.2 Å². The van der Waals surface area contributed by atoms with Crippen molar-refractivity contribution in [3.05, 3.63) is 51.5 Å².